The summed E-state index contributed by atoms with van der Waals surface area (Å²) in [7, 11) is 2.91. The van der Waals surface area contributed by atoms with E-state index in [1.807, 2.05) is 0 Å². The molecule has 1 heterocycles. The van der Waals surface area contributed by atoms with Crippen molar-refractivity contribution in [3.05, 3.63) is 17.0 Å². The van der Waals surface area contributed by atoms with Gasteiger partial charge in [-0.3, -0.25) is 9.48 Å². The molecule has 0 saturated carbocycles. The number of methoxy groups -OCH3 is 1. The third-order valence-electron chi connectivity index (χ3n) is 2.67. The van der Waals surface area contributed by atoms with E-state index in [1.165, 1.54) is 7.11 Å². The number of carbonyl (C=O) groups is 2. The van der Waals surface area contributed by atoms with Crippen molar-refractivity contribution >= 4 is 11.9 Å². The SMILES string of the molecule is COC(=O)C(O)CNC(=O)c1c(C)nn(C)c1C. The molecule has 0 aliphatic rings. The molecule has 1 rings (SSSR count). The summed E-state index contributed by atoms with van der Waals surface area (Å²) < 4.78 is 5.94. The summed E-state index contributed by atoms with van der Waals surface area (Å²) in [4.78, 5) is 22.8. The summed E-state index contributed by atoms with van der Waals surface area (Å²) in [5.74, 6) is -1.16. The smallest absolute Gasteiger partial charge is 0.336 e. The highest BCUT2D eigenvalue weighted by Crippen LogP contribution is 2.11. The van der Waals surface area contributed by atoms with Crippen LogP contribution in [0.5, 0.6) is 0 Å². The Morgan fingerprint density at radius 3 is 2.56 bits per heavy atom. The molecule has 1 atom stereocenters. The van der Waals surface area contributed by atoms with Gasteiger partial charge in [0.05, 0.1) is 24.9 Å². The van der Waals surface area contributed by atoms with Crippen molar-refractivity contribution < 1.29 is 19.4 Å². The highest BCUT2D eigenvalue weighted by molar-refractivity contribution is 5.96. The molecule has 0 saturated heterocycles. The van der Waals surface area contributed by atoms with E-state index in [1.54, 1.807) is 25.6 Å². The Morgan fingerprint density at radius 2 is 2.11 bits per heavy atom. The van der Waals surface area contributed by atoms with Crippen molar-refractivity contribution in [2.45, 2.75) is 20.0 Å². The van der Waals surface area contributed by atoms with E-state index in [0.29, 0.717) is 11.3 Å². The lowest BCUT2D eigenvalue weighted by Crippen LogP contribution is -2.37. The monoisotopic (exact) mass is 255 g/mol. The molecule has 0 aliphatic carbocycles. The minimum atomic E-state index is -1.36. The van der Waals surface area contributed by atoms with Crippen molar-refractivity contribution in [2.24, 2.45) is 7.05 Å². The van der Waals surface area contributed by atoms with Crippen LogP contribution in [0.2, 0.25) is 0 Å². The molecule has 0 aromatic carbocycles. The fraction of sp³-hybridized carbons (Fsp3) is 0.545. The maximum Gasteiger partial charge on any atom is 0.336 e. The summed E-state index contributed by atoms with van der Waals surface area (Å²) in [6.07, 6.45) is -1.36. The van der Waals surface area contributed by atoms with Gasteiger partial charge in [-0.1, -0.05) is 0 Å². The van der Waals surface area contributed by atoms with Crippen LogP contribution in [0.1, 0.15) is 21.7 Å². The van der Waals surface area contributed by atoms with Gasteiger partial charge in [0.2, 0.25) is 0 Å². The highest BCUT2D eigenvalue weighted by atomic mass is 16.5. The number of carbonyl (C=O) groups excluding carboxylic acids is 2. The third kappa shape index (κ3) is 2.86. The molecule has 1 aromatic heterocycles. The number of hydrogen-bond acceptors (Lipinski definition) is 5. The lowest BCUT2D eigenvalue weighted by molar-refractivity contribution is -0.149. The molecule has 0 bridgehead atoms. The Morgan fingerprint density at radius 1 is 1.50 bits per heavy atom. The lowest BCUT2D eigenvalue weighted by Gasteiger charge is -2.09. The average molecular weight is 255 g/mol. The van der Waals surface area contributed by atoms with Gasteiger partial charge in [0.25, 0.3) is 5.91 Å². The van der Waals surface area contributed by atoms with Crippen molar-refractivity contribution in [3.8, 4) is 0 Å². The first kappa shape index (κ1) is 14.2. The van der Waals surface area contributed by atoms with Crippen LogP contribution in [0.3, 0.4) is 0 Å². The molecule has 0 aliphatic heterocycles. The first-order chi connectivity index (χ1) is 8.38. The van der Waals surface area contributed by atoms with Gasteiger partial charge < -0.3 is 15.2 Å². The van der Waals surface area contributed by atoms with Gasteiger partial charge in [-0.05, 0) is 13.8 Å². The fourth-order valence-electron chi connectivity index (χ4n) is 1.60. The Kier molecular flexibility index (Phi) is 4.43. The first-order valence-corrected chi connectivity index (χ1v) is 5.42. The van der Waals surface area contributed by atoms with Crippen LogP contribution in [-0.4, -0.2) is 46.5 Å². The van der Waals surface area contributed by atoms with Gasteiger partial charge in [-0.25, -0.2) is 4.79 Å². The lowest BCUT2D eigenvalue weighted by atomic mass is 10.2. The molecule has 2 N–H and O–H groups in total. The largest absolute Gasteiger partial charge is 0.467 e. The van der Waals surface area contributed by atoms with Crippen molar-refractivity contribution in [1.82, 2.24) is 15.1 Å². The third-order valence-corrected chi connectivity index (χ3v) is 2.67. The molecule has 18 heavy (non-hydrogen) atoms. The second-order valence-electron chi connectivity index (χ2n) is 3.92. The number of esters is 1. The Hall–Kier alpha value is -1.89. The molecule has 1 unspecified atom stereocenters. The number of aryl methyl sites for hydroxylation is 2. The highest BCUT2D eigenvalue weighted by Gasteiger charge is 2.20. The zero-order chi connectivity index (χ0) is 13.9. The van der Waals surface area contributed by atoms with E-state index < -0.39 is 12.1 Å². The number of rotatable bonds is 4. The number of nitrogens with zero attached hydrogens (tertiary/aromatic N) is 2. The molecule has 7 heteroatoms. The Balaban J connectivity index is 2.69. The van der Waals surface area contributed by atoms with E-state index >= 15 is 0 Å². The zero-order valence-corrected chi connectivity index (χ0v) is 10.9. The molecule has 0 radical (unpaired) electrons. The Labute approximate surface area is 105 Å². The number of ether oxygens (including phenoxy) is 1. The van der Waals surface area contributed by atoms with Crippen molar-refractivity contribution in [1.29, 1.82) is 0 Å². The minimum absolute atomic E-state index is 0.195. The van der Waals surface area contributed by atoms with E-state index in [4.69, 9.17) is 0 Å². The molecule has 1 aromatic rings. The molecule has 100 valence electrons. The van der Waals surface area contributed by atoms with Gasteiger partial charge in [-0.2, -0.15) is 5.10 Å². The predicted molar refractivity (Wildman–Crippen MR) is 63.0 cm³/mol. The molecule has 7 nitrogen and oxygen atoms in total. The average Bonchev–Trinajstić information content (AvgIpc) is 2.59. The number of aliphatic hydroxyl groups is 1. The van der Waals surface area contributed by atoms with Crippen molar-refractivity contribution in [2.75, 3.05) is 13.7 Å². The number of hydrogen-bond donors (Lipinski definition) is 2. The zero-order valence-electron chi connectivity index (χ0n) is 10.9. The number of aromatic nitrogens is 2. The van der Waals surface area contributed by atoms with E-state index in [0.717, 1.165) is 5.69 Å². The minimum Gasteiger partial charge on any atom is -0.467 e. The summed E-state index contributed by atoms with van der Waals surface area (Å²) in [6.45, 7) is 3.30. The quantitative estimate of drug-likeness (QED) is 0.694. The van der Waals surface area contributed by atoms with E-state index in [-0.39, 0.29) is 12.5 Å². The van der Waals surface area contributed by atoms with Gasteiger partial charge in [0.1, 0.15) is 0 Å². The second kappa shape index (κ2) is 5.63. The van der Waals surface area contributed by atoms with E-state index in [2.05, 4.69) is 15.2 Å². The van der Waals surface area contributed by atoms with Crippen molar-refractivity contribution in [3.63, 3.8) is 0 Å². The standard InChI is InChI=1S/C11H17N3O4/c1-6-9(7(2)14(3)13-6)10(16)12-5-8(15)11(17)18-4/h8,15H,5H2,1-4H3,(H,12,16). The number of amides is 1. The molecular formula is C11H17N3O4. The van der Waals surface area contributed by atoms with Crippen LogP contribution in [-0.2, 0) is 16.6 Å². The van der Waals surface area contributed by atoms with Crippen LogP contribution in [0, 0.1) is 13.8 Å². The molecule has 1 amide bonds. The van der Waals surface area contributed by atoms with Crippen LogP contribution in [0.15, 0.2) is 0 Å². The molecule has 0 spiro atoms. The summed E-state index contributed by atoms with van der Waals surface area (Å²) in [5, 5.41) is 15.9. The van der Waals surface area contributed by atoms with E-state index in [9.17, 15) is 14.7 Å². The van der Waals surface area contributed by atoms with Crippen LogP contribution >= 0.6 is 0 Å². The number of aliphatic hydroxyl groups excluding tert-OH is 1. The predicted octanol–water partition coefficient (Wildman–Crippen LogP) is -0.699. The maximum absolute atomic E-state index is 11.9. The summed E-state index contributed by atoms with van der Waals surface area (Å²) in [5.41, 5.74) is 1.77. The second-order valence-corrected chi connectivity index (χ2v) is 3.92. The van der Waals surface area contributed by atoms with Crippen LogP contribution in [0.4, 0.5) is 0 Å². The normalized spacial score (nSPS) is 12.1. The topological polar surface area (TPSA) is 93.4 Å². The van der Waals surface area contributed by atoms with Gasteiger partial charge in [0, 0.05) is 12.7 Å². The van der Waals surface area contributed by atoms with Crippen LogP contribution in [0.25, 0.3) is 0 Å². The Bertz CT molecular complexity index is 467. The van der Waals surface area contributed by atoms with Crippen LogP contribution < -0.4 is 5.32 Å². The number of nitrogens with one attached hydrogen (secondary N) is 1. The summed E-state index contributed by atoms with van der Waals surface area (Å²) >= 11 is 0. The van der Waals surface area contributed by atoms with Gasteiger partial charge >= 0.3 is 5.97 Å². The maximum atomic E-state index is 11.9. The summed E-state index contributed by atoms with van der Waals surface area (Å²) in [6, 6.07) is 0. The van der Waals surface area contributed by atoms with Gasteiger partial charge in [0.15, 0.2) is 6.10 Å². The fourth-order valence-corrected chi connectivity index (χ4v) is 1.60. The van der Waals surface area contributed by atoms with Gasteiger partial charge in [-0.15, -0.1) is 0 Å². The molecular weight excluding hydrogens is 238 g/mol. The first-order valence-electron chi connectivity index (χ1n) is 5.42. The molecule has 0 fully saturated rings.